The van der Waals surface area contributed by atoms with Gasteiger partial charge in [-0.3, -0.25) is 0 Å². The Hall–Kier alpha value is -1.22. The molecule has 0 aliphatic rings. The number of aliphatic hydroxyl groups excluding tert-OH is 1. The summed E-state index contributed by atoms with van der Waals surface area (Å²) in [5.41, 5.74) is 1.17. The van der Waals surface area contributed by atoms with Crippen LogP contribution < -0.4 is 0 Å². The van der Waals surface area contributed by atoms with Gasteiger partial charge < -0.3 is 5.11 Å². The second kappa shape index (κ2) is 5.43. The van der Waals surface area contributed by atoms with Gasteiger partial charge in [0.05, 0.1) is 6.10 Å². The standard InChI is InChI=1S/C10H13NO2/c12-10(8-11-13)7-6-9-4-2-1-3-5-9/h1-5,10,12H,6-8H2/t10-/m0/s1. The summed E-state index contributed by atoms with van der Waals surface area (Å²) in [5.74, 6) is 0. The van der Waals surface area contributed by atoms with Crippen molar-refractivity contribution in [3.63, 3.8) is 0 Å². The first-order valence-electron chi connectivity index (χ1n) is 4.34. The van der Waals surface area contributed by atoms with Gasteiger partial charge in [0.25, 0.3) is 0 Å². The Morgan fingerprint density at radius 1 is 1.31 bits per heavy atom. The first-order chi connectivity index (χ1) is 6.33. The van der Waals surface area contributed by atoms with Crippen LogP contribution in [0.15, 0.2) is 35.5 Å². The molecule has 1 N–H and O–H groups in total. The highest BCUT2D eigenvalue weighted by atomic mass is 16.3. The summed E-state index contributed by atoms with van der Waals surface area (Å²) in [6.45, 7) is -0.00711. The van der Waals surface area contributed by atoms with Crippen molar-refractivity contribution in [2.45, 2.75) is 18.9 Å². The summed E-state index contributed by atoms with van der Waals surface area (Å²) in [6.07, 6.45) is 0.783. The van der Waals surface area contributed by atoms with Crippen molar-refractivity contribution >= 4 is 0 Å². The van der Waals surface area contributed by atoms with Crippen LogP contribution in [0.3, 0.4) is 0 Å². The molecule has 0 aliphatic carbocycles. The zero-order valence-corrected chi connectivity index (χ0v) is 7.39. The molecule has 0 saturated carbocycles. The maximum absolute atomic E-state index is 9.82. The second-order valence-corrected chi connectivity index (χ2v) is 2.99. The van der Waals surface area contributed by atoms with Gasteiger partial charge in [-0.15, -0.1) is 0 Å². The first kappa shape index (κ1) is 9.86. The van der Waals surface area contributed by atoms with Crippen molar-refractivity contribution in [3.8, 4) is 0 Å². The van der Waals surface area contributed by atoms with Gasteiger partial charge in [-0.2, -0.15) is 4.91 Å². The minimum absolute atomic E-state index is 0.00711. The van der Waals surface area contributed by atoms with E-state index in [0.29, 0.717) is 6.42 Å². The van der Waals surface area contributed by atoms with E-state index in [2.05, 4.69) is 5.18 Å². The van der Waals surface area contributed by atoms with Gasteiger partial charge in [0.1, 0.15) is 6.54 Å². The molecule has 0 spiro atoms. The minimum Gasteiger partial charge on any atom is -0.391 e. The molecule has 0 fully saturated rings. The highest BCUT2D eigenvalue weighted by molar-refractivity contribution is 5.14. The molecule has 0 aromatic heterocycles. The Morgan fingerprint density at radius 2 is 2.00 bits per heavy atom. The van der Waals surface area contributed by atoms with Crippen LogP contribution in [0.25, 0.3) is 0 Å². The van der Waals surface area contributed by atoms with Crippen molar-refractivity contribution in [2.75, 3.05) is 6.54 Å². The zero-order valence-electron chi connectivity index (χ0n) is 7.39. The summed E-state index contributed by atoms with van der Waals surface area (Å²) in [7, 11) is 0. The van der Waals surface area contributed by atoms with Crippen molar-refractivity contribution in [1.29, 1.82) is 0 Å². The molecule has 1 aromatic rings. The highest BCUT2D eigenvalue weighted by Gasteiger charge is 2.03. The molecular formula is C10H13NO2. The molecule has 3 nitrogen and oxygen atoms in total. The van der Waals surface area contributed by atoms with Crippen LogP contribution in [0.4, 0.5) is 0 Å². The van der Waals surface area contributed by atoms with Gasteiger partial charge in [-0.05, 0) is 18.4 Å². The fraction of sp³-hybridized carbons (Fsp3) is 0.400. The number of nitroso groups, excluding NO2 is 1. The van der Waals surface area contributed by atoms with E-state index >= 15 is 0 Å². The predicted octanol–water partition coefficient (Wildman–Crippen LogP) is 1.75. The van der Waals surface area contributed by atoms with Crippen LogP contribution in [-0.4, -0.2) is 17.8 Å². The molecule has 70 valence electrons. The number of nitrogens with zero attached hydrogens (tertiary/aromatic N) is 1. The van der Waals surface area contributed by atoms with Crippen molar-refractivity contribution in [2.24, 2.45) is 5.18 Å². The normalized spacial score (nSPS) is 12.4. The average molecular weight is 179 g/mol. The van der Waals surface area contributed by atoms with Crippen molar-refractivity contribution < 1.29 is 5.11 Å². The molecule has 1 atom stereocenters. The molecule has 0 radical (unpaired) electrons. The molecule has 13 heavy (non-hydrogen) atoms. The quantitative estimate of drug-likeness (QED) is 0.700. The van der Waals surface area contributed by atoms with Crippen LogP contribution in [-0.2, 0) is 6.42 Å². The SMILES string of the molecule is O=NC[C@@H](O)CCc1ccccc1. The Bertz CT molecular complexity index is 248. The zero-order chi connectivity index (χ0) is 9.52. The molecule has 0 bridgehead atoms. The largest absolute Gasteiger partial charge is 0.391 e. The topological polar surface area (TPSA) is 49.7 Å². The van der Waals surface area contributed by atoms with E-state index in [9.17, 15) is 10.0 Å². The minimum atomic E-state index is -0.599. The van der Waals surface area contributed by atoms with E-state index in [1.807, 2.05) is 30.3 Å². The van der Waals surface area contributed by atoms with E-state index in [1.54, 1.807) is 0 Å². The fourth-order valence-electron chi connectivity index (χ4n) is 1.16. The van der Waals surface area contributed by atoms with Gasteiger partial charge in [0, 0.05) is 0 Å². The molecule has 3 heteroatoms. The van der Waals surface area contributed by atoms with Crippen LogP contribution in [0, 0.1) is 4.91 Å². The molecule has 1 aromatic carbocycles. The summed E-state index contributed by atoms with van der Waals surface area (Å²) in [5, 5.41) is 11.9. The van der Waals surface area contributed by atoms with E-state index in [-0.39, 0.29) is 6.54 Å². The Labute approximate surface area is 77.4 Å². The van der Waals surface area contributed by atoms with Crippen LogP contribution >= 0.6 is 0 Å². The molecule has 1 rings (SSSR count). The van der Waals surface area contributed by atoms with Crippen LogP contribution in [0.2, 0.25) is 0 Å². The lowest BCUT2D eigenvalue weighted by Gasteiger charge is -2.05. The number of hydrogen-bond donors (Lipinski definition) is 1. The van der Waals surface area contributed by atoms with Crippen molar-refractivity contribution in [1.82, 2.24) is 0 Å². The van der Waals surface area contributed by atoms with Crippen LogP contribution in [0.1, 0.15) is 12.0 Å². The van der Waals surface area contributed by atoms with Gasteiger partial charge in [-0.1, -0.05) is 35.5 Å². The van der Waals surface area contributed by atoms with Gasteiger partial charge in [0.15, 0.2) is 0 Å². The second-order valence-electron chi connectivity index (χ2n) is 2.99. The third-order valence-electron chi connectivity index (χ3n) is 1.89. The predicted molar refractivity (Wildman–Crippen MR) is 51.4 cm³/mol. The maximum Gasteiger partial charge on any atom is 0.107 e. The molecule has 0 saturated heterocycles. The average Bonchev–Trinajstić information content (AvgIpc) is 2.17. The number of rotatable bonds is 5. The monoisotopic (exact) mass is 179 g/mol. The van der Waals surface area contributed by atoms with Crippen molar-refractivity contribution in [3.05, 3.63) is 40.8 Å². The van der Waals surface area contributed by atoms with Gasteiger partial charge >= 0.3 is 0 Å². The Balaban J connectivity index is 2.30. The number of benzene rings is 1. The maximum atomic E-state index is 9.82. The lowest BCUT2D eigenvalue weighted by molar-refractivity contribution is 0.173. The summed E-state index contributed by atoms with van der Waals surface area (Å²) in [4.78, 5) is 9.82. The first-order valence-corrected chi connectivity index (χ1v) is 4.34. The van der Waals surface area contributed by atoms with E-state index in [4.69, 9.17) is 0 Å². The molecule has 0 aliphatic heterocycles. The van der Waals surface area contributed by atoms with E-state index in [0.717, 1.165) is 6.42 Å². The Kier molecular flexibility index (Phi) is 4.12. The summed E-state index contributed by atoms with van der Waals surface area (Å²) >= 11 is 0. The van der Waals surface area contributed by atoms with Gasteiger partial charge in [0.2, 0.25) is 0 Å². The number of hydrogen-bond acceptors (Lipinski definition) is 3. The van der Waals surface area contributed by atoms with Gasteiger partial charge in [-0.25, -0.2) is 0 Å². The molecule has 0 amide bonds. The lowest BCUT2D eigenvalue weighted by atomic mass is 10.1. The van der Waals surface area contributed by atoms with Crippen LogP contribution in [0.5, 0.6) is 0 Å². The van der Waals surface area contributed by atoms with E-state index < -0.39 is 6.10 Å². The third kappa shape index (κ3) is 3.80. The summed E-state index contributed by atoms with van der Waals surface area (Å²) < 4.78 is 0. The lowest BCUT2D eigenvalue weighted by Crippen LogP contribution is -2.11. The fourth-order valence-corrected chi connectivity index (χ4v) is 1.16. The summed E-state index contributed by atoms with van der Waals surface area (Å²) in [6, 6.07) is 9.87. The smallest absolute Gasteiger partial charge is 0.107 e. The Morgan fingerprint density at radius 3 is 2.62 bits per heavy atom. The van der Waals surface area contributed by atoms with E-state index in [1.165, 1.54) is 5.56 Å². The molecule has 0 unspecified atom stereocenters. The number of aryl methyl sites for hydroxylation is 1. The molecule has 0 heterocycles. The molecular weight excluding hydrogens is 166 g/mol. The third-order valence-corrected chi connectivity index (χ3v) is 1.89. The number of aliphatic hydroxyl groups is 1. The highest BCUT2D eigenvalue weighted by Crippen LogP contribution is 2.04.